The zero-order chi connectivity index (χ0) is 65.0. The van der Waals surface area contributed by atoms with Crippen LogP contribution in [-0.4, -0.2) is 116 Å². The number of esters is 1. The van der Waals surface area contributed by atoms with E-state index in [0.717, 1.165) is 123 Å². The second-order valence-electron chi connectivity index (χ2n) is 30.1. The number of carbonyl (C=O) groups is 4. The zero-order valence-corrected chi connectivity index (χ0v) is 60.1. The van der Waals surface area contributed by atoms with E-state index in [1.165, 1.54) is 113 Å². The monoisotopic (exact) mass is 1270 g/mol. The Hall–Kier alpha value is -2.61. The van der Waals surface area contributed by atoms with Crippen molar-refractivity contribution in [3.05, 3.63) is 30.3 Å². The topological polar surface area (TPSA) is 248 Å². The Labute approximate surface area is 591 Å². The van der Waals surface area contributed by atoms with E-state index in [2.05, 4.69) is 106 Å². The number of aliphatic carboxylic acids is 1. The number of amides is 2. The van der Waals surface area contributed by atoms with Gasteiger partial charge >= 0.3 is 87.0 Å². The van der Waals surface area contributed by atoms with Gasteiger partial charge in [-0.3, -0.25) is 16.7 Å². The van der Waals surface area contributed by atoms with E-state index in [0.29, 0.717) is 43.6 Å². The van der Waals surface area contributed by atoms with Gasteiger partial charge in [0.2, 0.25) is 0 Å². The van der Waals surface area contributed by atoms with E-state index in [1.54, 1.807) is 5.57 Å². The summed E-state index contributed by atoms with van der Waals surface area (Å²) < 4.78 is 16.8. The van der Waals surface area contributed by atoms with Crippen molar-refractivity contribution in [2.45, 2.75) is 243 Å². The largest absolute Gasteiger partial charge is 1.00 e. The summed E-state index contributed by atoms with van der Waals surface area (Å²) in [5.74, 6) is 8.58. The first-order chi connectivity index (χ1) is 41.8. The van der Waals surface area contributed by atoms with Crippen molar-refractivity contribution in [2.75, 3.05) is 52.4 Å². The SMILES string of the molecule is CCCN(CCNC(=O)O[C@H]1CC[C@@]2(C)C(=CC[C@H]3[C@@H]4CC[C@H]([C@H](C)CCCC(C)C)[C@@]4(C)CC[C@@H]32)C1)CC(=O)OCC.O=C=O.O=C=O.[CH2-]N(CCNC(=O)O[C@H]1CC[C@@]2(C)C(=CC[C@H]3[C@@H]4CC[C@H]([C@H](C)CCCC(C)C)[C@@]4(C)CC[C@@H]32)C1)CC(=O)[O-].[Li+].[Li+].[Li+].[OH-]. The number of allylic oxidation sites excluding steroid dienone is 2. The summed E-state index contributed by atoms with van der Waals surface area (Å²) in [6, 6.07) is 0. The molecule has 8 aliphatic carbocycles. The van der Waals surface area contributed by atoms with Crippen molar-refractivity contribution in [1.82, 2.24) is 20.4 Å². The van der Waals surface area contributed by atoms with Gasteiger partial charge in [0.1, 0.15) is 12.2 Å². The molecule has 0 bridgehead atoms. The quantitative estimate of drug-likeness (QED) is 0.0431. The average Bonchev–Trinajstić information content (AvgIpc) is 1.33. The van der Waals surface area contributed by atoms with Gasteiger partial charge in [0.25, 0.3) is 0 Å². The molecule has 508 valence electrons. The molecule has 0 spiro atoms. The van der Waals surface area contributed by atoms with Crippen LogP contribution in [0.3, 0.4) is 0 Å². The number of alkyl carbamates (subject to hydrolysis) is 2. The zero-order valence-electron chi connectivity index (χ0n) is 60.1. The van der Waals surface area contributed by atoms with Crippen LogP contribution >= 0.6 is 0 Å². The number of hydrogen-bond donors (Lipinski definition) is 2. The smallest absolute Gasteiger partial charge is 0.870 e. The first-order valence-electron chi connectivity index (χ1n) is 34.7. The van der Waals surface area contributed by atoms with Gasteiger partial charge in [0.15, 0.2) is 0 Å². The predicted molar refractivity (Wildman–Crippen MR) is 340 cm³/mol. The molecule has 16 atom stereocenters. The summed E-state index contributed by atoms with van der Waals surface area (Å²) in [5, 5.41) is 16.3. The van der Waals surface area contributed by atoms with Crippen molar-refractivity contribution in [2.24, 2.45) is 92.7 Å². The molecule has 92 heavy (non-hydrogen) atoms. The third kappa shape index (κ3) is 23.3. The van der Waals surface area contributed by atoms with Crippen LogP contribution in [0.4, 0.5) is 9.59 Å². The Kier molecular flexibility index (Phi) is 39.5. The minimum atomic E-state index is -1.18. The van der Waals surface area contributed by atoms with Crippen LogP contribution in [0.2, 0.25) is 0 Å². The molecule has 8 aliphatic rings. The molecule has 0 aromatic heterocycles. The minimum Gasteiger partial charge on any atom is -0.870 e. The maximum Gasteiger partial charge on any atom is 1.00 e. The first kappa shape index (κ1) is 87.4. The van der Waals surface area contributed by atoms with Gasteiger partial charge in [-0.15, -0.1) is 0 Å². The van der Waals surface area contributed by atoms with Gasteiger partial charge in [0.05, 0.1) is 19.1 Å². The molecule has 0 unspecified atom stereocenters. The Bertz CT molecular complexity index is 2370. The van der Waals surface area contributed by atoms with E-state index < -0.39 is 12.1 Å². The van der Waals surface area contributed by atoms with Crippen molar-refractivity contribution in [1.29, 1.82) is 0 Å². The molecule has 0 radical (unpaired) electrons. The Morgan fingerprint density at radius 1 is 0.598 bits per heavy atom. The molecule has 2 amide bonds. The first-order valence-corrected chi connectivity index (χ1v) is 34.7. The van der Waals surface area contributed by atoms with Crippen LogP contribution in [0, 0.1) is 99.7 Å². The van der Waals surface area contributed by atoms with Gasteiger partial charge in [0, 0.05) is 39.0 Å². The van der Waals surface area contributed by atoms with Gasteiger partial charge in [-0.2, -0.15) is 19.2 Å². The molecular formula is C72H119Li3N4O13. The number of hydrogen-bond acceptors (Lipinski definition) is 15. The molecule has 0 aromatic carbocycles. The molecule has 3 N–H and O–H groups in total. The van der Waals surface area contributed by atoms with Crippen LogP contribution in [0.1, 0.15) is 231 Å². The molecule has 0 saturated heterocycles. The average molecular weight is 1270 g/mol. The number of carboxylic acids is 1. The van der Waals surface area contributed by atoms with Crippen LogP contribution in [0.25, 0.3) is 0 Å². The summed E-state index contributed by atoms with van der Waals surface area (Å²) in [6.45, 7) is 31.7. The number of rotatable bonds is 25. The van der Waals surface area contributed by atoms with Crippen molar-refractivity contribution >= 4 is 36.4 Å². The fraction of sp³-hybridized carbons (Fsp3) is 0.847. The second-order valence-corrected chi connectivity index (χ2v) is 30.1. The molecule has 0 aromatic rings. The molecule has 0 aliphatic heterocycles. The molecule has 6 saturated carbocycles. The molecular weight excluding hydrogens is 1150 g/mol. The third-order valence-corrected chi connectivity index (χ3v) is 24.0. The van der Waals surface area contributed by atoms with Crippen molar-refractivity contribution in [3.63, 3.8) is 0 Å². The van der Waals surface area contributed by atoms with E-state index in [4.69, 9.17) is 33.4 Å². The Morgan fingerprint density at radius 2 is 1.01 bits per heavy atom. The fourth-order valence-electron chi connectivity index (χ4n) is 19.8. The maximum absolute atomic E-state index is 12.7. The van der Waals surface area contributed by atoms with Crippen LogP contribution in [-0.2, 0) is 43.0 Å². The number of ether oxygens (including phenoxy) is 3. The van der Waals surface area contributed by atoms with Gasteiger partial charge in [-0.05, 0) is 209 Å². The Balaban J connectivity index is 0.000000817. The standard InChI is InChI=1S/C37H64N2O4.C33H55N2O4.2CO2.3Li.H2O/c1-8-22-39(25-34(40)42-9-2)23-21-38-35(41)43-29-17-19-36(6)28(24-29)13-14-30-32-16-15-31(27(5)12-10-11-26(3)4)37(32,7)20-18-33(30)36;1-22(2)8-7-9-23(3)27-12-13-28-26-11-10-24-20-25(39-31(38)34-18-19-35(6)21-30(36)37)14-16-32(24,4)29(26)15-17-33(27,28)5;2*2-1-3;;;;/h13,26-27,29-33H,8-12,14-25H2,1-7H3,(H,38,41);10,22-23,25-29H,6-9,11-21H2,1-5H3,(H,34,38)(H,36,37);;;;;;1H2/q;-1;;;3*+1;/p-2/t27-,29+,30+,31-,32+,33+,36+,37-;23-,25+,26+,27-,28+,29+,32+,33-;;;;;;/m11....../s1. The number of fused-ring (bicyclic) bond motifs is 10. The van der Waals surface area contributed by atoms with Crippen molar-refractivity contribution < 1.29 is 120 Å². The summed E-state index contributed by atoms with van der Waals surface area (Å²) >= 11 is 0. The van der Waals surface area contributed by atoms with Crippen LogP contribution in [0.15, 0.2) is 23.3 Å². The predicted octanol–water partition coefficient (Wildman–Crippen LogP) is 4.03. The molecule has 17 nitrogen and oxygen atoms in total. The van der Waals surface area contributed by atoms with Crippen LogP contribution < -0.4 is 72.3 Å². The summed E-state index contributed by atoms with van der Waals surface area (Å²) in [6.07, 6.45) is 33.4. The number of carboxylic acid groups (broad SMARTS) is 1. The normalized spacial score (nSPS) is 31.6. The van der Waals surface area contributed by atoms with Crippen LogP contribution in [0.5, 0.6) is 0 Å². The molecule has 8 rings (SSSR count). The Morgan fingerprint density at radius 3 is 1.39 bits per heavy atom. The summed E-state index contributed by atoms with van der Waals surface area (Å²) in [5.41, 5.74) is 4.59. The molecule has 0 heterocycles. The van der Waals surface area contributed by atoms with E-state index in [-0.39, 0.29) is 123 Å². The third-order valence-electron chi connectivity index (χ3n) is 24.0. The number of nitrogens with zero attached hydrogens (tertiary/aromatic N) is 2. The number of carbonyl (C=O) groups excluding carboxylic acids is 8. The van der Waals surface area contributed by atoms with E-state index >= 15 is 0 Å². The molecule has 6 fully saturated rings. The van der Waals surface area contributed by atoms with Crippen molar-refractivity contribution in [3.8, 4) is 0 Å². The van der Waals surface area contributed by atoms with E-state index in [9.17, 15) is 24.3 Å². The maximum atomic E-state index is 12.7. The summed E-state index contributed by atoms with van der Waals surface area (Å²) in [7, 11) is 3.64. The van der Waals surface area contributed by atoms with Gasteiger partial charge < -0.3 is 45.1 Å². The molecule has 20 heteroatoms. The number of nitrogens with one attached hydrogen (secondary N) is 2. The van der Waals surface area contributed by atoms with Gasteiger partial charge in [-0.1, -0.05) is 138 Å². The summed E-state index contributed by atoms with van der Waals surface area (Å²) in [4.78, 5) is 83.6. The minimum absolute atomic E-state index is 0. The second kappa shape index (κ2) is 41.6. The van der Waals surface area contributed by atoms with Gasteiger partial charge in [-0.25, -0.2) is 9.59 Å². The van der Waals surface area contributed by atoms with E-state index in [1.807, 2.05) is 11.8 Å². The fourth-order valence-corrected chi connectivity index (χ4v) is 19.8.